The molecule has 1 saturated heterocycles. The van der Waals surface area contributed by atoms with Crippen LogP contribution >= 0.6 is 11.3 Å². The van der Waals surface area contributed by atoms with E-state index < -0.39 is 0 Å². The van der Waals surface area contributed by atoms with Crippen LogP contribution in [0, 0.1) is 5.82 Å². The molecule has 0 unspecified atom stereocenters. The van der Waals surface area contributed by atoms with Crippen LogP contribution in [0.3, 0.4) is 0 Å². The predicted octanol–water partition coefficient (Wildman–Crippen LogP) is 3.12. The van der Waals surface area contributed by atoms with Gasteiger partial charge in [-0.15, -0.1) is 11.3 Å². The van der Waals surface area contributed by atoms with Crippen molar-refractivity contribution in [1.29, 1.82) is 0 Å². The minimum Gasteiger partial charge on any atom is -0.484 e. The number of aryl methyl sites for hydroxylation is 1. The summed E-state index contributed by atoms with van der Waals surface area (Å²) in [6.07, 6.45) is 2.60. The van der Waals surface area contributed by atoms with Crippen LogP contribution in [-0.4, -0.2) is 53.6 Å². The molecule has 1 aliphatic heterocycles. The Morgan fingerprint density at radius 1 is 1.18 bits per heavy atom. The molecule has 2 aromatic heterocycles. The molecule has 1 aliphatic rings. The van der Waals surface area contributed by atoms with Gasteiger partial charge in [0.1, 0.15) is 28.5 Å². The number of carbonyl (C=O) groups is 1. The summed E-state index contributed by atoms with van der Waals surface area (Å²) in [5.41, 5.74) is 0. The summed E-state index contributed by atoms with van der Waals surface area (Å²) in [5, 5.41) is 1.09. The highest BCUT2D eigenvalue weighted by atomic mass is 32.1. The van der Waals surface area contributed by atoms with E-state index >= 15 is 0 Å². The molecule has 3 heterocycles. The lowest BCUT2D eigenvalue weighted by Crippen LogP contribution is -2.50. The second kappa shape index (κ2) is 8.10. The largest absolute Gasteiger partial charge is 0.484 e. The number of thiophene rings is 1. The van der Waals surface area contributed by atoms with Crippen LogP contribution in [0.1, 0.15) is 11.8 Å². The zero-order chi connectivity index (χ0) is 19.5. The van der Waals surface area contributed by atoms with Crippen molar-refractivity contribution in [3.05, 3.63) is 47.4 Å². The third-order valence-electron chi connectivity index (χ3n) is 4.82. The highest BCUT2D eigenvalue weighted by molar-refractivity contribution is 7.18. The maximum Gasteiger partial charge on any atom is 0.260 e. The van der Waals surface area contributed by atoms with Crippen LogP contribution in [0.25, 0.3) is 10.2 Å². The van der Waals surface area contributed by atoms with Gasteiger partial charge in [-0.1, -0.05) is 6.92 Å². The smallest absolute Gasteiger partial charge is 0.260 e. The number of piperazine rings is 1. The molecular weight excluding hydrogens is 379 g/mol. The monoisotopic (exact) mass is 400 g/mol. The first-order chi connectivity index (χ1) is 13.6. The van der Waals surface area contributed by atoms with Gasteiger partial charge in [-0.25, -0.2) is 14.4 Å². The zero-order valence-corrected chi connectivity index (χ0v) is 16.4. The average molecular weight is 400 g/mol. The van der Waals surface area contributed by atoms with E-state index in [1.54, 1.807) is 22.6 Å². The van der Waals surface area contributed by atoms with E-state index in [2.05, 4.69) is 27.9 Å². The highest BCUT2D eigenvalue weighted by Gasteiger charge is 2.24. The summed E-state index contributed by atoms with van der Waals surface area (Å²) in [6, 6.07) is 7.84. The number of aromatic nitrogens is 2. The Hall–Kier alpha value is -2.74. The van der Waals surface area contributed by atoms with Crippen molar-refractivity contribution < 1.29 is 13.9 Å². The number of carbonyl (C=O) groups excluding carboxylic acids is 1. The molecule has 0 N–H and O–H groups in total. The number of ether oxygens (including phenoxy) is 1. The Morgan fingerprint density at radius 3 is 2.64 bits per heavy atom. The molecule has 0 saturated carbocycles. The maximum atomic E-state index is 12.9. The SMILES string of the molecule is CCc1cc2c(N3CCN(C(=O)COc4ccc(F)cc4)CC3)ncnc2s1. The first-order valence-electron chi connectivity index (χ1n) is 9.28. The van der Waals surface area contributed by atoms with Crippen molar-refractivity contribution in [2.45, 2.75) is 13.3 Å². The van der Waals surface area contributed by atoms with Gasteiger partial charge >= 0.3 is 0 Å². The summed E-state index contributed by atoms with van der Waals surface area (Å²) in [4.78, 5) is 27.6. The van der Waals surface area contributed by atoms with E-state index in [1.165, 1.54) is 29.1 Å². The number of hydrogen-bond donors (Lipinski definition) is 0. The van der Waals surface area contributed by atoms with Gasteiger partial charge in [-0.2, -0.15) is 0 Å². The number of anilines is 1. The average Bonchev–Trinajstić information content (AvgIpc) is 3.17. The van der Waals surface area contributed by atoms with E-state index in [0.29, 0.717) is 31.9 Å². The summed E-state index contributed by atoms with van der Waals surface area (Å²) >= 11 is 1.70. The van der Waals surface area contributed by atoms with E-state index in [0.717, 1.165) is 22.5 Å². The van der Waals surface area contributed by atoms with E-state index in [4.69, 9.17) is 4.74 Å². The van der Waals surface area contributed by atoms with E-state index in [-0.39, 0.29) is 18.3 Å². The molecule has 0 atom stereocenters. The van der Waals surface area contributed by atoms with Crippen molar-refractivity contribution in [2.24, 2.45) is 0 Å². The lowest BCUT2D eigenvalue weighted by Gasteiger charge is -2.35. The molecule has 0 bridgehead atoms. The number of nitrogens with zero attached hydrogens (tertiary/aromatic N) is 4. The predicted molar refractivity (Wildman–Crippen MR) is 107 cm³/mol. The Balaban J connectivity index is 1.36. The fraction of sp³-hybridized carbons (Fsp3) is 0.350. The standard InChI is InChI=1S/C20H21FN4O2S/c1-2-16-11-17-19(22-13-23-20(17)28-16)25-9-7-24(8-10-25)18(26)12-27-15-5-3-14(21)4-6-15/h3-6,11,13H,2,7-10,12H2,1H3. The zero-order valence-electron chi connectivity index (χ0n) is 15.6. The highest BCUT2D eigenvalue weighted by Crippen LogP contribution is 2.30. The number of rotatable bonds is 5. The molecule has 3 aromatic rings. The van der Waals surface area contributed by atoms with Crippen LogP contribution in [0.2, 0.25) is 0 Å². The molecular formula is C20H21FN4O2S. The Labute approximate surface area is 166 Å². The number of halogens is 1. The quantitative estimate of drug-likeness (QED) is 0.659. The third-order valence-corrected chi connectivity index (χ3v) is 6.00. The Kier molecular flexibility index (Phi) is 5.38. The van der Waals surface area contributed by atoms with Gasteiger partial charge in [0.2, 0.25) is 0 Å². The van der Waals surface area contributed by atoms with E-state index in [9.17, 15) is 9.18 Å². The van der Waals surface area contributed by atoms with Crippen molar-refractivity contribution in [1.82, 2.24) is 14.9 Å². The second-order valence-corrected chi connectivity index (χ2v) is 7.71. The maximum absolute atomic E-state index is 12.9. The molecule has 0 spiro atoms. The van der Waals surface area contributed by atoms with Gasteiger partial charge in [0.15, 0.2) is 6.61 Å². The second-order valence-electron chi connectivity index (χ2n) is 6.59. The number of benzene rings is 1. The lowest BCUT2D eigenvalue weighted by atomic mass is 10.2. The molecule has 1 aromatic carbocycles. The van der Waals surface area contributed by atoms with Crippen LogP contribution in [0.15, 0.2) is 36.7 Å². The molecule has 1 fully saturated rings. The van der Waals surface area contributed by atoms with Gasteiger partial charge < -0.3 is 14.5 Å². The fourth-order valence-corrected chi connectivity index (χ4v) is 4.18. The molecule has 1 amide bonds. The van der Waals surface area contributed by atoms with Crippen LogP contribution in [0.5, 0.6) is 5.75 Å². The first-order valence-corrected chi connectivity index (χ1v) is 10.1. The van der Waals surface area contributed by atoms with Crippen molar-refractivity contribution in [2.75, 3.05) is 37.7 Å². The normalized spacial score (nSPS) is 14.5. The molecule has 0 radical (unpaired) electrons. The van der Waals surface area contributed by atoms with Crippen LogP contribution < -0.4 is 9.64 Å². The first kappa shape index (κ1) is 18.6. The molecule has 0 aliphatic carbocycles. The van der Waals surface area contributed by atoms with Crippen LogP contribution in [0.4, 0.5) is 10.2 Å². The van der Waals surface area contributed by atoms with Gasteiger partial charge in [0.25, 0.3) is 5.91 Å². The van der Waals surface area contributed by atoms with Gasteiger partial charge in [0, 0.05) is 31.1 Å². The molecule has 4 rings (SSSR count). The van der Waals surface area contributed by atoms with Gasteiger partial charge in [-0.3, -0.25) is 4.79 Å². The number of hydrogen-bond acceptors (Lipinski definition) is 6. The topological polar surface area (TPSA) is 58.6 Å². The minimum atomic E-state index is -0.328. The number of fused-ring (bicyclic) bond motifs is 1. The number of amides is 1. The lowest BCUT2D eigenvalue weighted by molar-refractivity contribution is -0.133. The van der Waals surface area contributed by atoms with Gasteiger partial charge in [0.05, 0.1) is 5.39 Å². The molecule has 28 heavy (non-hydrogen) atoms. The van der Waals surface area contributed by atoms with Crippen molar-refractivity contribution in [3.8, 4) is 5.75 Å². The summed E-state index contributed by atoms with van der Waals surface area (Å²) in [7, 11) is 0. The van der Waals surface area contributed by atoms with Crippen molar-refractivity contribution in [3.63, 3.8) is 0 Å². The Bertz CT molecular complexity index is 968. The van der Waals surface area contributed by atoms with Gasteiger partial charge in [-0.05, 0) is 36.8 Å². The van der Waals surface area contributed by atoms with Crippen molar-refractivity contribution >= 4 is 33.3 Å². The minimum absolute atomic E-state index is 0.0478. The van der Waals surface area contributed by atoms with Crippen LogP contribution in [-0.2, 0) is 11.2 Å². The van der Waals surface area contributed by atoms with E-state index in [1.807, 2.05) is 0 Å². The molecule has 146 valence electrons. The molecule has 6 nitrogen and oxygen atoms in total. The fourth-order valence-electron chi connectivity index (χ4n) is 3.25. The summed E-state index contributed by atoms with van der Waals surface area (Å²) < 4.78 is 18.4. The molecule has 8 heteroatoms. The Morgan fingerprint density at radius 2 is 1.93 bits per heavy atom. The summed E-state index contributed by atoms with van der Waals surface area (Å²) in [5.74, 6) is 1.03. The third kappa shape index (κ3) is 3.91. The summed E-state index contributed by atoms with van der Waals surface area (Å²) in [6.45, 7) is 4.74.